The van der Waals surface area contributed by atoms with E-state index in [1.807, 2.05) is 24.4 Å². The molecule has 0 bridgehead atoms. The number of nitrogens with two attached hydrogens (primary N) is 1. The number of nitrogens with one attached hydrogen (secondary N) is 1. The molecule has 0 spiro atoms. The normalized spacial score (nSPS) is 14.1. The molecule has 18 heteroatoms. The number of carbonyl (C=O) groups excluding carboxylic acids is 1. The molecule has 1 amide bonds. The summed E-state index contributed by atoms with van der Waals surface area (Å²) in [6, 6.07) is 27.2. The maximum Gasteiger partial charge on any atom is 0.416 e. The molecule has 0 unspecified atom stereocenters. The Morgan fingerprint density at radius 3 is 1.75 bits per heavy atom. The minimum Gasteiger partial charge on any atom is -0.478 e. The van der Waals surface area contributed by atoms with Gasteiger partial charge in [0.15, 0.2) is 0 Å². The van der Waals surface area contributed by atoms with Crippen LogP contribution >= 0.6 is 22.7 Å². The summed E-state index contributed by atoms with van der Waals surface area (Å²) in [7, 11) is 0. The van der Waals surface area contributed by atoms with Gasteiger partial charge in [0.1, 0.15) is 15.8 Å². The number of benzene rings is 4. The zero-order valence-electron chi connectivity index (χ0n) is 35.4. The predicted octanol–water partition coefficient (Wildman–Crippen LogP) is 13.2. The monoisotopic (exact) mass is 953 g/mol. The van der Waals surface area contributed by atoms with E-state index in [1.165, 1.54) is 67.0 Å². The number of thiazole rings is 2. The van der Waals surface area contributed by atoms with E-state index in [-0.39, 0.29) is 17.0 Å². The number of pyridine rings is 2. The van der Waals surface area contributed by atoms with Crippen LogP contribution in [0.3, 0.4) is 0 Å². The fourth-order valence-electron chi connectivity index (χ4n) is 7.88. The van der Waals surface area contributed by atoms with Gasteiger partial charge < -0.3 is 21.1 Å². The number of amides is 1. The molecule has 1 saturated carbocycles. The third-order valence-corrected chi connectivity index (χ3v) is 13.3. The van der Waals surface area contributed by atoms with Crippen LogP contribution < -0.4 is 16.0 Å². The van der Waals surface area contributed by atoms with Crippen molar-refractivity contribution in [3.63, 3.8) is 0 Å². The average molecular weight is 954 g/mol. The summed E-state index contributed by atoms with van der Waals surface area (Å²) in [5.41, 5.74) is 8.66. The Bertz CT molecular complexity index is 3050. The van der Waals surface area contributed by atoms with Crippen LogP contribution in [0.1, 0.15) is 82.0 Å². The molecule has 5 heterocycles. The molecule has 0 radical (unpaired) electrons. The smallest absolute Gasteiger partial charge is 0.416 e. The fourth-order valence-corrected chi connectivity index (χ4v) is 9.86. The van der Waals surface area contributed by atoms with Crippen molar-refractivity contribution in [3.8, 4) is 21.1 Å². The molecule has 344 valence electrons. The first-order valence-electron chi connectivity index (χ1n) is 21.2. The van der Waals surface area contributed by atoms with Gasteiger partial charge in [0.25, 0.3) is 5.91 Å². The molecule has 4 aromatic heterocycles. The number of carbonyl (C=O) groups is 2. The van der Waals surface area contributed by atoms with Crippen LogP contribution in [0.4, 0.5) is 43.5 Å². The Balaban J connectivity index is 0.000000153. The molecule has 1 aliphatic carbocycles. The van der Waals surface area contributed by atoms with Crippen molar-refractivity contribution in [2.45, 2.75) is 56.8 Å². The lowest BCUT2D eigenvalue weighted by atomic mass is 10.0. The minimum atomic E-state index is -4.43. The second-order valence-corrected chi connectivity index (χ2v) is 17.9. The van der Waals surface area contributed by atoms with Crippen LogP contribution in [0, 0.1) is 0 Å². The molecule has 67 heavy (non-hydrogen) atoms. The van der Waals surface area contributed by atoms with Gasteiger partial charge in [0, 0.05) is 65.7 Å². The van der Waals surface area contributed by atoms with Gasteiger partial charge in [0.05, 0.1) is 42.7 Å². The van der Waals surface area contributed by atoms with Crippen molar-refractivity contribution in [2.24, 2.45) is 0 Å². The van der Waals surface area contributed by atoms with Gasteiger partial charge in [-0.25, -0.2) is 19.7 Å². The third-order valence-electron chi connectivity index (χ3n) is 11.2. The number of para-hydroxylation sites is 2. The molecule has 8 aromatic rings. The van der Waals surface area contributed by atoms with Crippen molar-refractivity contribution in [2.75, 3.05) is 29.0 Å². The zero-order valence-corrected chi connectivity index (χ0v) is 37.1. The number of hydrogen-bond acceptors (Lipinski definition) is 10. The molecule has 0 atom stereocenters. The Morgan fingerprint density at radius 2 is 1.19 bits per heavy atom. The summed E-state index contributed by atoms with van der Waals surface area (Å²) in [6.45, 7) is 1.89. The van der Waals surface area contributed by atoms with Gasteiger partial charge in [-0.2, -0.15) is 26.3 Å². The van der Waals surface area contributed by atoms with E-state index in [2.05, 4.69) is 30.2 Å². The Morgan fingerprint density at radius 1 is 0.657 bits per heavy atom. The highest BCUT2D eigenvalue weighted by Gasteiger charge is 2.32. The molecular formula is C49H41F6N7O3S2. The van der Waals surface area contributed by atoms with Crippen LogP contribution in [0.2, 0.25) is 0 Å². The summed E-state index contributed by atoms with van der Waals surface area (Å²) in [5.74, 6) is 0.0454. The molecule has 1 aliphatic heterocycles. The largest absolute Gasteiger partial charge is 0.478 e. The first-order chi connectivity index (χ1) is 32.1. The highest BCUT2D eigenvalue weighted by molar-refractivity contribution is 7.22. The van der Waals surface area contributed by atoms with E-state index < -0.39 is 29.4 Å². The van der Waals surface area contributed by atoms with Crippen LogP contribution in [0.15, 0.2) is 122 Å². The second-order valence-electron chi connectivity index (χ2n) is 15.9. The molecule has 10 rings (SSSR count). The first kappa shape index (κ1) is 46.6. The van der Waals surface area contributed by atoms with Crippen molar-refractivity contribution < 1.29 is 41.0 Å². The van der Waals surface area contributed by atoms with E-state index in [1.54, 1.807) is 48.7 Å². The van der Waals surface area contributed by atoms with E-state index in [4.69, 9.17) is 10.8 Å². The number of aromatic nitrogens is 4. The number of anilines is 3. The highest BCUT2D eigenvalue weighted by atomic mass is 32.1. The van der Waals surface area contributed by atoms with Crippen molar-refractivity contribution >= 4 is 72.2 Å². The number of aromatic carboxylic acids is 1. The van der Waals surface area contributed by atoms with E-state index in [9.17, 15) is 35.9 Å². The lowest BCUT2D eigenvalue weighted by molar-refractivity contribution is -0.138. The third kappa shape index (κ3) is 11.2. The summed E-state index contributed by atoms with van der Waals surface area (Å²) in [4.78, 5) is 43.9. The summed E-state index contributed by atoms with van der Waals surface area (Å²) < 4.78 is 79.0. The minimum absolute atomic E-state index is 0.0342. The standard InChI is InChI=1S/C24H19F3N4OS.C15H8F3NO2S.C10H14N2/c25-24(26,27)16-6-3-5-15(13-16)23-30-21-18(7-4-8-19(21)33-23)22(32)29-17-9-10-28-20(14-17)31-11-1-2-12-31;16-15(17,18)9-4-1-3-8(7-9)13-19-12-10(14(20)21)5-2-6-11(12)22-13;11-9-5-6-12-10(7-9)8-3-1-2-4-8/h3-10,13-14H,1-2,11-12H2,(H,28,29,32);1-7H,(H,20,21);5-8H,1-4H2,(H2,11,12). The van der Waals surface area contributed by atoms with Gasteiger partial charge in [0.2, 0.25) is 0 Å². The SMILES string of the molecule is Nc1ccnc(C2CCCC2)c1.O=C(Nc1ccnc(N2CCCC2)c1)c1cccc2sc(-c3cccc(C(F)(F)F)c3)nc12.O=C(O)c1cccc2sc(-c3cccc(C(F)(F)F)c3)nc12. The quantitative estimate of drug-likeness (QED) is 0.133. The summed E-state index contributed by atoms with van der Waals surface area (Å²) in [6.07, 6.45) is 2.13. The molecule has 4 aromatic carbocycles. The van der Waals surface area contributed by atoms with Crippen LogP contribution in [0.25, 0.3) is 41.6 Å². The molecule has 4 N–H and O–H groups in total. The Kier molecular flexibility index (Phi) is 13.8. The topological polar surface area (TPSA) is 147 Å². The van der Waals surface area contributed by atoms with Gasteiger partial charge in [-0.15, -0.1) is 22.7 Å². The predicted molar refractivity (Wildman–Crippen MR) is 251 cm³/mol. The van der Waals surface area contributed by atoms with Gasteiger partial charge >= 0.3 is 18.3 Å². The first-order valence-corrected chi connectivity index (χ1v) is 22.9. The number of halogens is 6. The maximum absolute atomic E-state index is 13.1. The van der Waals surface area contributed by atoms with E-state index in [0.717, 1.165) is 77.7 Å². The van der Waals surface area contributed by atoms with Gasteiger partial charge in [-0.05, 0) is 92.4 Å². The van der Waals surface area contributed by atoms with Crippen LogP contribution in [-0.2, 0) is 12.4 Å². The second kappa shape index (κ2) is 19.9. The number of carboxylic acids is 1. The summed E-state index contributed by atoms with van der Waals surface area (Å²) in [5, 5.41) is 12.8. The van der Waals surface area contributed by atoms with Crippen molar-refractivity contribution in [1.82, 2.24) is 19.9 Å². The fraction of sp³-hybridized carbons (Fsp3) is 0.224. The number of hydrogen-bond donors (Lipinski definition) is 3. The van der Waals surface area contributed by atoms with Gasteiger partial charge in [-0.1, -0.05) is 49.2 Å². The molecule has 2 aliphatic rings. The molecule has 2 fully saturated rings. The lowest BCUT2D eigenvalue weighted by Gasteiger charge is -2.17. The number of rotatable bonds is 7. The lowest BCUT2D eigenvalue weighted by Crippen LogP contribution is -2.19. The number of nitrogens with zero attached hydrogens (tertiary/aromatic N) is 5. The molecule has 10 nitrogen and oxygen atoms in total. The average Bonchev–Trinajstić information content (AvgIpc) is 4.17. The maximum atomic E-state index is 13.1. The zero-order chi connectivity index (χ0) is 47.3. The Labute approximate surface area is 388 Å². The van der Waals surface area contributed by atoms with Crippen molar-refractivity contribution in [3.05, 3.63) is 150 Å². The Hall–Kier alpha value is -6.92. The van der Waals surface area contributed by atoms with Crippen molar-refractivity contribution in [1.29, 1.82) is 0 Å². The summed E-state index contributed by atoms with van der Waals surface area (Å²) >= 11 is 2.41. The van der Waals surface area contributed by atoms with Gasteiger partial charge in [-0.3, -0.25) is 9.78 Å². The number of alkyl halides is 6. The highest BCUT2D eigenvalue weighted by Crippen LogP contribution is 2.38. The van der Waals surface area contributed by atoms with Crippen LogP contribution in [0.5, 0.6) is 0 Å². The molecular weight excluding hydrogens is 913 g/mol. The number of carboxylic acid groups (broad SMARTS) is 1. The molecule has 1 saturated heterocycles. The number of nitrogen functional groups attached to an aromatic ring is 1. The van der Waals surface area contributed by atoms with E-state index in [0.29, 0.717) is 48.5 Å². The number of fused-ring (bicyclic) bond motifs is 2. The van der Waals surface area contributed by atoms with E-state index >= 15 is 0 Å². The van der Waals surface area contributed by atoms with Crippen LogP contribution in [-0.4, -0.2) is 50.0 Å².